The smallest absolute Gasteiger partial charge is 0.246 e. The lowest BCUT2D eigenvalue weighted by atomic mass is 10.1. The maximum Gasteiger partial charge on any atom is 0.246 e. The lowest BCUT2D eigenvalue weighted by Crippen LogP contribution is -2.29. The maximum atomic E-state index is 5.80. The average Bonchev–Trinajstić information content (AvgIpc) is 2.47. The number of nitrogens with two attached hydrogens (primary N) is 1. The average molecular weight is 201 g/mol. The summed E-state index contributed by atoms with van der Waals surface area (Å²) in [5.74, 6) is 3.06. The van der Waals surface area contributed by atoms with Gasteiger partial charge in [-0.15, -0.1) is 0 Å². The van der Waals surface area contributed by atoms with E-state index < -0.39 is 5.54 Å². The van der Waals surface area contributed by atoms with Gasteiger partial charge >= 0.3 is 0 Å². The molecule has 0 aromatic carbocycles. The molecule has 1 heterocycles. The highest BCUT2D eigenvalue weighted by Gasteiger charge is 2.21. The van der Waals surface area contributed by atoms with Crippen LogP contribution in [0.25, 0.3) is 0 Å². The van der Waals surface area contributed by atoms with E-state index in [0.29, 0.717) is 5.89 Å². The summed E-state index contributed by atoms with van der Waals surface area (Å²) in [5.41, 5.74) is 5.26. The van der Waals surface area contributed by atoms with Gasteiger partial charge in [-0.2, -0.15) is 16.7 Å². The molecule has 0 aliphatic heterocycles. The Balaban J connectivity index is 2.64. The molecule has 0 amide bonds. The largest absolute Gasteiger partial charge is 0.337 e. The third kappa shape index (κ3) is 3.00. The predicted molar refractivity (Wildman–Crippen MR) is 53.3 cm³/mol. The molecule has 0 spiro atoms. The Morgan fingerprint density at radius 1 is 1.54 bits per heavy atom. The summed E-state index contributed by atoms with van der Waals surface area (Å²) in [5, 5.41) is 3.83. The molecular weight excluding hydrogens is 186 g/mol. The topological polar surface area (TPSA) is 64.9 Å². The molecule has 1 aromatic rings. The van der Waals surface area contributed by atoms with Gasteiger partial charge in [0.2, 0.25) is 5.89 Å². The monoisotopic (exact) mass is 201 g/mol. The summed E-state index contributed by atoms with van der Waals surface area (Å²) < 4.78 is 5.03. The van der Waals surface area contributed by atoms with Crippen LogP contribution in [0.4, 0.5) is 0 Å². The van der Waals surface area contributed by atoms with Crippen molar-refractivity contribution < 1.29 is 4.52 Å². The molecule has 4 nitrogen and oxygen atoms in total. The maximum absolute atomic E-state index is 5.80. The van der Waals surface area contributed by atoms with E-state index in [1.807, 2.05) is 13.8 Å². The molecule has 0 aliphatic rings. The zero-order valence-electron chi connectivity index (χ0n) is 8.20. The van der Waals surface area contributed by atoms with Gasteiger partial charge in [0.05, 0.1) is 11.3 Å². The Hall–Kier alpha value is -0.550. The molecule has 0 radical (unpaired) electrons. The normalized spacial score (nSPS) is 12.0. The molecule has 5 heteroatoms. The lowest BCUT2D eigenvalue weighted by molar-refractivity contribution is 0.310. The fourth-order valence-electron chi connectivity index (χ4n) is 0.768. The summed E-state index contributed by atoms with van der Waals surface area (Å²) in [7, 11) is 0. The van der Waals surface area contributed by atoms with Gasteiger partial charge in [-0.3, -0.25) is 0 Å². The van der Waals surface area contributed by atoms with Gasteiger partial charge in [0, 0.05) is 0 Å². The Labute approximate surface area is 82.3 Å². The third-order valence-corrected chi connectivity index (χ3v) is 2.33. The standard InChI is InChI=1S/C8H15N3OS/c1-4-13-5-6-10-7(12-11-6)8(2,3)9/h4-5,9H2,1-3H3. The van der Waals surface area contributed by atoms with Crippen LogP contribution in [-0.4, -0.2) is 15.9 Å². The summed E-state index contributed by atoms with van der Waals surface area (Å²) in [6.07, 6.45) is 0. The molecule has 0 unspecified atom stereocenters. The Morgan fingerprint density at radius 2 is 2.23 bits per heavy atom. The van der Waals surface area contributed by atoms with Gasteiger partial charge in [0.25, 0.3) is 0 Å². The summed E-state index contributed by atoms with van der Waals surface area (Å²) in [6, 6.07) is 0. The Kier molecular flexibility index (Phi) is 3.33. The van der Waals surface area contributed by atoms with E-state index in [9.17, 15) is 0 Å². The minimum Gasteiger partial charge on any atom is -0.337 e. The van der Waals surface area contributed by atoms with Crippen molar-refractivity contribution >= 4 is 11.8 Å². The third-order valence-electron chi connectivity index (χ3n) is 1.45. The van der Waals surface area contributed by atoms with Crippen LogP contribution in [0.15, 0.2) is 4.52 Å². The van der Waals surface area contributed by atoms with E-state index in [-0.39, 0.29) is 0 Å². The van der Waals surface area contributed by atoms with Crippen molar-refractivity contribution in [1.29, 1.82) is 0 Å². The van der Waals surface area contributed by atoms with E-state index in [4.69, 9.17) is 10.3 Å². The van der Waals surface area contributed by atoms with E-state index in [1.54, 1.807) is 11.8 Å². The highest BCUT2D eigenvalue weighted by Crippen LogP contribution is 2.16. The molecule has 1 rings (SSSR count). The molecule has 0 saturated heterocycles. The van der Waals surface area contributed by atoms with Crippen molar-refractivity contribution in [1.82, 2.24) is 10.1 Å². The summed E-state index contributed by atoms with van der Waals surface area (Å²) in [6.45, 7) is 5.78. The number of aromatic nitrogens is 2. The molecule has 2 N–H and O–H groups in total. The van der Waals surface area contributed by atoms with Gasteiger partial charge in [-0.25, -0.2) is 0 Å². The molecular formula is C8H15N3OS. The second-order valence-corrected chi connectivity index (χ2v) is 4.65. The first-order chi connectivity index (χ1) is 6.04. The molecule has 0 aliphatic carbocycles. The minimum absolute atomic E-state index is 0.499. The van der Waals surface area contributed by atoms with E-state index >= 15 is 0 Å². The van der Waals surface area contributed by atoms with Crippen LogP contribution in [0.5, 0.6) is 0 Å². The van der Waals surface area contributed by atoms with Gasteiger partial charge in [0.15, 0.2) is 5.82 Å². The van der Waals surface area contributed by atoms with Crippen LogP contribution < -0.4 is 5.73 Å². The molecule has 0 atom stereocenters. The van der Waals surface area contributed by atoms with Crippen LogP contribution in [0.3, 0.4) is 0 Å². The zero-order chi connectivity index (χ0) is 9.90. The van der Waals surface area contributed by atoms with Gasteiger partial charge in [-0.05, 0) is 19.6 Å². The number of rotatable bonds is 4. The first-order valence-electron chi connectivity index (χ1n) is 4.23. The van der Waals surface area contributed by atoms with Crippen LogP contribution in [0.2, 0.25) is 0 Å². The molecule has 13 heavy (non-hydrogen) atoms. The minimum atomic E-state index is -0.540. The first-order valence-corrected chi connectivity index (χ1v) is 5.39. The molecule has 74 valence electrons. The van der Waals surface area contributed by atoms with Gasteiger partial charge < -0.3 is 10.3 Å². The van der Waals surface area contributed by atoms with E-state index in [2.05, 4.69) is 17.1 Å². The number of hydrogen-bond acceptors (Lipinski definition) is 5. The van der Waals surface area contributed by atoms with Crippen molar-refractivity contribution in [3.8, 4) is 0 Å². The Bertz CT molecular complexity index is 267. The summed E-state index contributed by atoms with van der Waals surface area (Å²) in [4.78, 5) is 4.20. The van der Waals surface area contributed by atoms with Gasteiger partial charge in [-0.1, -0.05) is 12.1 Å². The van der Waals surface area contributed by atoms with Crippen molar-refractivity contribution in [3.63, 3.8) is 0 Å². The van der Waals surface area contributed by atoms with Crippen molar-refractivity contribution in [2.24, 2.45) is 5.73 Å². The predicted octanol–water partition coefficient (Wildman–Crippen LogP) is 1.52. The molecule has 0 fully saturated rings. The lowest BCUT2D eigenvalue weighted by Gasteiger charge is -2.10. The van der Waals surface area contributed by atoms with Crippen LogP contribution >= 0.6 is 11.8 Å². The highest BCUT2D eigenvalue weighted by atomic mass is 32.2. The highest BCUT2D eigenvalue weighted by molar-refractivity contribution is 7.98. The number of nitrogens with zero attached hydrogens (tertiary/aromatic N) is 2. The second kappa shape index (κ2) is 4.11. The fraction of sp³-hybridized carbons (Fsp3) is 0.750. The SMILES string of the molecule is CCSCc1noc(C(C)(C)N)n1. The summed E-state index contributed by atoms with van der Waals surface area (Å²) >= 11 is 1.76. The van der Waals surface area contributed by atoms with Crippen molar-refractivity contribution in [3.05, 3.63) is 11.7 Å². The fourth-order valence-corrected chi connectivity index (χ4v) is 1.27. The number of thioether (sulfide) groups is 1. The second-order valence-electron chi connectivity index (χ2n) is 3.37. The zero-order valence-corrected chi connectivity index (χ0v) is 9.02. The molecule has 0 saturated carbocycles. The van der Waals surface area contributed by atoms with Crippen LogP contribution in [-0.2, 0) is 11.3 Å². The number of hydrogen-bond donors (Lipinski definition) is 1. The van der Waals surface area contributed by atoms with E-state index in [1.165, 1.54) is 0 Å². The molecule has 0 bridgehead atoms. The van der Waals surface area contributed by atoms with Crippen molar-refractivity contribution in [2.45, 2.75) is 32.1 Å². The first kappa shape index (κ1) is 10.5. The van der Waals surface area contributed by atoms with Crippen LogP contribution in [0.1, 0.15) is 32.5 Å². The van der Waals surface area contributed by atoms with Crippen molar-refractivity contribution in [2.75, 3.05) is 5.75 Å². The van der Waals surface area contributed by atoms with E-state index in [0.717, 1.165) is 17.3 Å². The van der Waals surface area contributed by atoms with Crippen LogP contribution in [0, 0.1) is 0 Å². The quantitative estimate of drug-likeness (QED) is 0.800. The van der Waals surface area contributed by atoms with Gasteiger partial charge in [0.1, 0.15) is 0 Å². The Morgan fingerprint density at radius 3 is 2.69 bits per heavy atom. The molecule has 1 aromatic heterocycles.